The lowest BCUT2D eigenvalue weighted by molar-refractivity contribution is -0.140. The summed E-state index contributed by atoms with van der Waals surface area (Å²) in [4.78, 5) is 35.6. The van der Waals surface area contributed by atoms with Gasteiger partial charge in [-0.1, -0.05) is 30.3 Å². The molecule has 8 heteroatoms. The number of hydrogen-bond acceptors (Lipinski definition) is 5. The number of esters is 1. The molecule has 0 heterocycles. The summed E-state index contributed by atoms with van der Waals surface area (Å²) in [5, 5.41) is 5.38. The van der Waals surface area contributed by atoms with Gasteiger partial charge in [-0.15, -0.1) is 12.4 Å². The molecule has 1 unspecified atom stereocenters. The second-order valence-electron chi connectivity index (χ2n) is 6.18. The van der Waals surface area contributed by atoms with Gasteiger partial charge < -0.3 is 21.1 Å². The minimum absolute atomic E-state index is 0. The van der Waals surface area contributed by atoms with E-state index in [1.165, 1.54) is 7.11 Å². The Morgan fingerprint density at radius 2 is 1.64 bits per heavy atom. The first kappa shape index (κ1) is 23.1. The zero-order valence-corrected chi connectivity index (χ0v) is 16.5. The Labute approximate surface area is 170 Å². The summed E-state index contributed by atoms with van der Waals surface area (Å²) in [6, 6.07) is 15.5. The van der Waals surface area contributed by atoms with Crippen molar-refractivity contribution < 1.29 is 19.1 Å². The molecular weight excluding hydrogens is 382 g/mol. The third kappa shape index (κ3) is 6.07. The number of carbonyl (C=O) groups excluding carboxylic acids is 3. The smallest absolute Gasteiger partial charge is 0.307 e. The largest absolute Gasteiger partial charge is 0.469 e. The lowest BCUT2D eigenvalue weighted by Gasteiger charge is -2.24. The van der Waals surface area contributed by atoms with E-state index in [0.29, 0.717) is 16.8 Å². The van der Waals surface area contributed by atoms with E-state index in [1.807, 2.05) is 18.2 Å². The molecule has 2 aromatic rings. The summed E-state index contributed by atoms with van der Waals surface area (Å²) < 4.78 is 4.51. The molecule has 0 saturated carbocycles. The van der Waals surface area contributed by atoms with Gasteiger partial charge in [-0.25, -0.2) is 0 Å². The Balaban J connectivity index is 0.00000392. The van der Waals surface area contributed by atoms with Crippen LogP contribution < -0.4 is 16.4 Å². The van der Waals surface area contributed by atoms with E-state index < -0.39 is 11.5 Å². The number of amides is 2. The Morgan fingerprint density at radius 1 is 1.04 bits per heavy atom. The SMILES string of the molecule is COC(=O)CCNC(=O)c1ccc(NC(=O)C(C)(N)c2ccccc2)cc1.Cl. The summed E-state index contributed by atoms with van der Waals surface area (Å²) in [7, 11) is 1.29. The second-order valence-corrected chi connectivity index (χ2v) is 6.18. The monoisotopic (exact) mass is 405 g/mol. The van der Waals surface area contributed by atoms with Crippen molar-refractivity contribution in [3.63, 3.8) is 0 Å². The van der Waals surface area contributed by atoms with Gasteiger partial charge in [0.1, 0.15) is 5.54 Å². The van der Waals surface area contributed by atoms with Crippen LogP contribution in [0.5, 0.6) is 0 Å². The standard InChI is InChI=1S/C20H23N3O4.ClH/c1-20(21,15-6-4-3-5-7-15)19(26)23-16-10-8-14(9-11-16)18(25)22-13-12-17(24)27-2;/h3-11H,12-13,21H2,1-2H3,(H,22,25)(H,23,26);1H. The van der Waals surface area contributed by atoms with E-state index in [1.54, 1.807) is 43.3 Å². The van der Waals surface area contributed by atoms with Crippen molar-refractivity contribution in [3.8, 4) is 0 Å². The number of ether oxygens (including phenoxy) is 1. The third-order valence-corrected chi connectivity index (χ3v) is 4.09. The molecule has 0 aromatic heterocycles. The van der Waals surface area contributed by atoms with Crippen molar-refractivity contribution in [1.29, 1.82) is 0 Å². The first-order chi connectivity index (χ1) is 12.8. The Kier molecular flexibility index (Phi) is 8.63. The van der Waals surface area contributed by atoms with Gasteiger partial charge in [-0.2, -0.15) is 0 Å². The fourth-order valence-electron chi connectivity index (χ4n) is 2.36. The molecular formula is C20H24ClN3O4. The molecule has 0 fully saturated rings. The van der Waals surface area contributed by atoms with Gasteiger partial charge >= 0.3 is 5.97 Å². The van der Waals surface area contributed by atoms with Crippen molar-refractivity contribution in [3.05, 3.63) is 65.7 Å². The van der Waals surface area contributed by atoms with E-state index >= 15 is 0 Å². The summed E-state index contributed by atoms with van der Waals surface area (Å²) in [6.45, 7) is 1.83. The summed E-state index contributed by atoms with van der Waals surface area (Å²) >= 11 is 0. The van der Waals surface area contributed by atoms with Crippen molar-refractivity contribution in [2.24, 2.45) is 5.73 Å². The van der Waals surface area contributed by atoms with E-state index in [0.717, 1.165) is 0 Å². The minimum atomic E-state index is -1.19. The molecule has 2 rings (SSSR count). The van der Waals surface area contributed by atoms with Gasteiger partial charge in [-0.05, 0) is 36.8 Å². The maximum Gasteiger partial charge on any atom is 0.307 e. The normalized spacial score (nSPS) is 12.1. The number of methoxy groups -OCH3 is 1. The summed E-state index contributed by atoms with van der Waals surface area (Å²) in [5.74, 6) is -1.06. The maximum atomic E-state index is 12.5. The van der Waals surface area contributed by atoms with Crippen LogP contribution in [0.15, 0.2) is 54.6 Å². The van der Waals surface area contributed by atoms with Crippen molar-refractivity contribution in [2.75, 3.05) is 19.0 Å². The van der Waals surface area contributed by atoms with E-state index in [9.17, 15) is 14.4 Å². The van der Waals surface area contributed by atoms with Crippen LogP contribution in [0.25, 0.3) is 0 Å². The molecule has 2 aromatic carbocycles. The van der Waals surface area contributed by atoms with Gasteiger partial charge in [0, 0.05) is 17.8 Å². The number of nitrogens with one attached hydrogen (secondary N) is 2. The third-order valence-electron chi connectivity index (χ3n) is 4.09. The molecule has 1 atom stereocenters. The van der Waals surface area contributed by atoms with Crippen LogP contribution in [0.1, 0.15) is 29.3 Å². The maximum absolute atomic E-state index is 12.5. The van der Waals surface area contributed by atoms with Crippen LogP contribution in [0.3, 0.4) is 0 Å². The highest BCUT2D eigenvalue weighted by Crippen LogP contribution is 2.20. The van der Waals surface area contributed by atoms with Crippen molar-refractivity contribution in [2.45, 2.75) is 18.9 Å². The Morgan fingerprint density at radius 3 is 2.21 bits per heavy atom. The quantitative estimate of drug-likeness (QED) is 0.611. The number of carbonyl (C=O) groups is 3. The lowest BCUT2D eigenvalue weighted by Crippen LogP contribution is -2.45. The van der Waals surface area contributed by atoms with E-state index in [2.05, 4.69) is 15.4 Å². The highest BCUT2D eigenvalue weighted by Gasteiger charge is 2.30. The first-order valence-electron chi connectivity index (χ1n) is 8.45. The van der Waals surface area contributed by atoms with Crippen LogP contribution in [-0.2, 0) is 19.9 Å². The molecule has 0 aliphatic carbocycles. The van der Waals surface area contributed by atoms with Crippen molar-refractivity contribution in [1.82, 2.24) is 5.32 Å². The number of halogens is 1. The second kappa shape index (κ2) is 10.4. The molecule has 2 amide bonds. The Hall–Kier alpha value is -2.90. The molecule has 150 valence electrons. The van der Waals surface area contributed by atoms with Crippen LogP contribution in [0.4, 0.5) is 5.69 Å². The molecule has 0 spiro atoms. The number of anilines is 1. The average Bonchev–Trinajstić information content (AvgIpc) is 2.68. The van der Waals surface area contributed by atoms with E-state index in [-0.39, 0.29) is 37.2 Å². The molecule has 4 N–H and O–H groups in total. The first-order valence-corrected chi connectivity index (χ1v) is 8.45. The van der Waals surface area contributed by atoms with Crippen LogP contribution in [-0.4, -0.2) is 31.4 Å². The van der Waals surface area contributed by atoms with Crippen molar-refractivity contribution >= 4 is 35.9 Å². The van der Waals surface area contributed by atoms with Gasteiger partial charge in [0.05, 0.1) is 13.5 Å². The topological polar surface area (TPSA) is 111 Å². The number of benzene rings is 2. The van der Waals surface area contributed by atoms with Crippen LogP contribution >= 0.6 is 12.4 Å². The molecule has 0 saturated heterocycles. The highest BCUT2D eigenvalue weighted by atomic mass is 35.5. The molecule has 0 aliphatic heterocycles. The fourth-order valence-corrected chi connectivity index (χ4v) is 2.36. The molecule has 0 radical (unpaired) electrons. The van der Waals surface area contributed by atoms with Gasteiger partial charge in [0.25, 0.3) is 5.91 Å². The highest BCUT2D eigenvalue weighted by molar-refractivity contribution is 5.99. The van der Waals surface area contributed by atoms with Crippen LogP contribution in [0.2, 0.25) is 0 Å². The molecule has 28 heavy (non-hydrogen) atoms. The Bertz CT molecular complexity index is 808. The summed E-state index contributed by atoms with van der Waals surface area (Å²) in [6.07, 6.45) is 0.102. The molecule has 7 nitrogen and oxygen atoms in total. The lowest BCUT2D eigenvalue weighted by atomic mass is 9.92. The van der Waals surface area contributed by atoms with Crippen LogP contribution in [0, 0.1) is 0 Å². The minimum Gasteiger partial charge on any atom is -0.469 e. The average molecular weight is 406 g/mol. The van der Waals surface area contributed by atoms with Gasteiger partial charge in [0.2, 0.25) is 5.91 Å². The predicted octanol–water partition coefficient (Wildman–Crippen LogP) is 2.21. The summed E-state index contributed by atoms with van der Waals surface area (Å²) in [5.41, 5.74) is 6.63. The number of rotatable bonds is 7. The van der Waals surface area contributed by atoms with Gasteiger partial charge in [0.15, 0.2) is 0 Å². The number of nitrogens with two attached hydrogens (primary N) is 1. The van der Waals surface area contributed by atoms with Gasteiger partial charge in [-0.3, -0.25) is 14.4 Å². The zero-order valence-electron chi connectivity index (χ0n) is 15.7. The fraction of sp³-hybridized carbons (Fsp3) is 0.250. The molecule has 0 bridgehead atoms. The zero-order chi connectivity index (χ0) is 19.9. The number of hydrogen-bond donors (Lipinski definition) is 3. The predicted molar refractivity (Wildman–Crippen MR) is 109 cm³/mol. The van der Waals surface area contributed by atoms with E-state index in [4.69, 9.17) is 5.73 Å². The molecule has 0 aliphatic rings.